The van der Waals surface area contributed by atoms with Crippen LogP contribution in [-0.4, -0.2) is 21.3 Å². The number of hydrogen-bond acceptors (Lipinski definition) is 3. The van der Waals surface area contributed by atoms with E-state index in [4.69, 9.17) is 5.11 Å². The summed E-state index contributed by atoms with van der Waals surface area (Å²) in [4.78, 5) is 22.9. The number of nitrogens with one attached hydrogen (secondary N) is 1. The van der Waals surface area contributed by atoms with E-state index in [9.17, 15) is 14.0 Å². The average Bonchev–Trinajstić information content (AvgIpc) is 2.78. The van der Waals surface area contributed by atoms with Crippen molar-refractivity contribution in [2.45, 2.75) is 12.8 Å². The van der Waals surface area contributed by atoms with Crippen molar-refractivity contribution in [3.05, 3.63) is 73.8 Å². The summed E-state index contributed by atoms with van der Waals surface area (Å²) in [6.07, 6.45) is 8.31. The van der Waals surface area contributed by atoms with Gasteiger partial charge in [0.1, 0.15) is 5.82 Å². The first-order valence-corrected chi connectivity index (χ1v) is 7.02. The summed E-state index contributed by atoms with van der Waals surface area (Å²) in [5.41, 5.74) is 0.561. The van der Waals surface area contributed by atoms with E-state index < -0.39 is 11.8 Å². The SMILES string of the molecule is O=C(O)c1cc(Cc2n[nH]c(=O)c3c2=CCC=CC=3)ccc1F. The number of allylic oxidation sites excluding steroid dienone is 2. The number of nitrogens with zero attached hydrogens (tertiary/aromatic N) is 1. The number of halogens is 1. The van der Waals surface area contributed by atoms with E-state index in [1.54, 1.807) is 6.08 Å². The number of hydrogen-bond donors (Lipinski definition) is 2. The number of aromatic nitrogens is 2. The molecule has 6 heteroatoms. The molecular formula is C17H13FN2O3. The van der Waals surface area contributed by atoms with E-state index in [1.807, 2.05) is 18.2 Å². The Hall–Kier alpha value is -3.02. The van der Waals surface area contributed by atoms with Crippen molar-refractivity contribution in [2.24, 2.45) is 0 Å². The Morgan fingerprint density at radius 1 is 1.35 bits per heavy atom. The number of benzene rings is 1. The number of carbonyl (C=O) groups is 1. The molecule has 0 saturated carbocycles. The van der Waals surface area contributed by atoms with Gasteiger partial charge in [0.05, 0.1) is 11.3 Å². The number of rotatable bonds is 3. The molecular weight excluding hydrogens is 299 g/mol. The number of aromatic carboxylic acids is 1. The molecule has 0 spiro atoms. The minimum atomic E-state index is -1.32. The highest BCUT2D eigenvalue weighted by molar-refractivity contribution is 5.88. The lowest BCUT2D eigenvalue weighted by atomic mass is 10.0. The third-order valence-corrected chi connectivity index (χ3v) is 3.63. The van der Waals surface area contributed by atoms with Crippen molar-refractivity contribution in [3.8, 4) is 0 Å². The van der Waals surface area contributed by atoms with Gasteiger partial charge in [-0.1, -0.05) is 24.3 Å². The highest BCUT2D eigenvalue weighted by atomic mass is 19.1. The number of H-pyrrole nitrogens is 1. The molecule has 2 N–H and O–H groups in total. The minimum absolute atomic E-state index is 0.281. The van der Waals surface area contributed by atoms with Crippen LogP contribution in [0.5, 0.6) is 0 Å². The second-order valence-corrected chi connectivity index (χ2v) is 5.16. The molecule has 1 aliphatic rings. The van der Waals surface area contributed by atoms with Crippen molar-refractivity contribution < 1.29 is 14.3 Å². The van der Waals surface area contributed by atoms with Crippen LogP contribution in [0.2, 0.25) is 0 Å². The molecule has 1 aromatic carbocycles. The van der Waals surface area contributed by atoms with Gasteiger partial charge in [-0.3, -0.25) is 4.79 Å². The van der Waals surface area contributed by atoms with Gasteiger partial charge in [-0.25, -0.2) is 14.3 Å². The summed E-state index contributed by atoms with van der Waals surface area (Å²) in [5, 5.41) is 16.8. The van der Waals surface area contributed by atoms with Gasteiger partial charge in [0.2, 0.25) is 0 Å². The molecule has 3 rings (SSSR count). The molecule has 116 valence electrons. The van der Waals surface area contributed by atoms with Gasteiger partial charge >= 0.3 is 5.97 Å². The molecule has 0 fully saturated rings. The van der Waals surface area contributed by atoms with Crippen molar-refractivity contribution in [1.29, 1.82) is 0 Å². The smallest absolute Gasteiger partial charge is 0.338 e. The van der Waals surface area contributed by atoms with Crippen LogP contribution >= 0.6 is 0 Å². The molecule has 5 nitrogen and oxygen atoms in total. The summed E-state index contributed by atoms with van der Waals surface area (Å²) in [5.74, 6) is -2.10. The highest BCUT2D eigenvalue weighted by Crippen LogP contribution is 2.12. The quantitative estimate of drug-likeness (QED) is 0.875. The molecule has 23 heavy (non-hydrogen) atoms. The topological polar surface area (TPSA) is 83.0 Å². The summed E-state index contributed by atoms with van der Waals surface area (Å²) in [7, 11) is 0. The Kier molecular flexibility index (Phi) is 3.89. The Balaban J connectivity index is 2.10. The van der Waals surface area contributed by atoms with E-state index in [0.29, 0.717) is 29.3 Å². The van der Waals surface area contributed by atoms with Crippen LogP contribution in [0.25, 0.3) is 12.2 Å². The Labute approximate surface area is 130 Å². The zero-order chi connectivity index (χ0) is 16.4. The van der Waals surface area contributed by atoms with Crippen LogP contribution in [0.15, 0.2) is 35.1 Å². The molecule has 0 atom stereocenters. The van der Waals surface area contributed by atoms with Gasteiger partial charge < -0.3 is 5.11 Å². The van der Waals surface area contributed by atoms with Crippen molar-refractivity contribution in [3.63, 3.8) is 0 Å². The van der Waals surface area contributed by atoms with Crippen LogP contribution in [-0.2, 0) is 6.42 Å². The Bertz CT molecular complexity index is 990. The average molecular weight is 312 g/mol. The normalized spacial score (nSPS) is 12.7. The molecule has 0 radical (unpaired) electrons. The van der Waals surface area contributed by atoms with E-state index in [0.717, 1.165) is 11.3 Å². The Morgan fingerprint density at radius 3 is 2.96 bits per heavy atom. The second kappa shape index (κ2) is 6.00. The molecule has 2 aromatic rings. The standard InChI is InChI=1S/C17H13FN2O3/c18-14-7-6-10(8-13(14)17(22)23)9-15-11-4-2-1-3-5-12(11)16(21)20-19-15/h1,3-8H,2,9H2,(H,20,21)(H,22,23). The predicted molar refractivity (Wildman–Crippen MR) is 83.0 cm³/mol. The van der Waals surface area contributed by atoms with Crippen molar-refractivity contribution in [2.75, 3.05) is 0 Å². The zero-order valence-corrected chi connectivity index (χ0v) is 12.0. The third-order valence-electron chi connectivity index (χ3n) is 3.63. The van der Waals surface area contributed by atoms with Crippen LogP contribution in [0.4, 0.5) is 4.39 Å². The van der Waals surface area contributed by atoms with Crippen molar-refractivity contribution >= 4 is 18.1 Å². The molecule has 0 unspecified atom stereocenters. The first kappa shape index (κ1) is 14.9. The lowest BCUT2D eigenvalue weighted by Crippen LogP contribution is -2.43. The summed E-state index contributed by atoms with van der Waals surface area (Å²) in [6, 6.07) is 3.93. The van der Waals surface area contributed by atoms with E-state index in [2.05, 4.69) is 10.2 Å². The number of fused-ring (bicyclic) bond motifs is 1. The van der Waals surface area contributed by atoms with Gasteiger partial charge in [-0.15, -0.1) is 0 Å². The molecule has 0 aliphatic heterocycles. The predicted octanol–water partition coefficient (Wildman–Crippen LogP) is 0.719. The maximum absolute atomic E-state index is 13.5. The van der Waals surface area contributed by atoms with Crippen LogP contribution < -0.4 is 16.0 Å². The van der Waals surface area contributed by atoms with Crippen LogP contribution in [0.1, 0.15) is 28.0 Å². The molecule has 0 amide bonds. The van der Waals surface area contributed by atoms with Gasteiger partial charge in [0, 0.05) is 16.9 Å². The highest BCUT2D eigenvalue weighted by Gasteiger charge is 2.12. The minimum Gasteiger partial charge on any atom is -0.478 e. The number of carboxylic acid groups (broad SMARTS) is 1. The third kappa shape index (κ3) is 2.96. The fraction of sp³-hybridized carbons (Fsp3) is 0.118. The largest absolute Gasteiger partial charge is 0.478 e. The molecule has 1 aromatic heterocycles. The van der Waals surface area contributed by atoms with Crippen LogP contribution in [0.3, 0.4) is 0 Å². The number of carboxylic acids is 1. The lowest BCUT2D eigenvalue weighted by molar-refractivity contribution is 0.0691. The molecule has 1 heterocycles. The van der Waals surface area contributed by atoms with Gasteiger partial charge in [-0.2, -0.15) is 5.10 Å². The summed E-state index contributed by atoms with van der Waals surface area (Å²) in [6.45, 7) is 0. The maximum Gasteiger partial charge on any atom is 0.338 e. The second-order valence-electron chi connectivity index (χ2n) is 5.16. The van der Waals surface area contributed by atoms with E-state index in [1.165, 1.54) is 12.1 Å². The molecule has 1 aliphatic carbocycles. The fourth-order valence-electron chi connectivity index (χ4n) is 2.51. The molecule has 0 saturated heterocycles. The van der Waals surface area contributed by atoms with Gasteiger partial charge in [-0.05, 0) is 30.2 Å². The van der Waals surface area contributed by atoms with Crippen LogP contribution in [0, 0.1) is 5.82 Å². The first-order chi connectivity index (χ1) is 11.1. The fourth-order valence-corrected chi connectivity index (χ4v) is 2.51. The van der Waals surface area contributed by atoms with Gasteiger partial charge in [0.25, 0.3) is 5.56 Å². The van der Waals surface area contributed by atoms with Gasteiger partial charge in [0.15, 0.2) is 0 Å². The maximum atomic E-state index is 13.5. The molecule has 0 bridgehead atoms. The summed E-state index contributed by atoms with van der Waals surface area (Å²) < 4.78 is 13.5. The number of aromatic amines is 1. The lowest BCUT2D eigenvalue weighted by Gasteiger charge is -2.05. The van der Waals surface area contributed by atoms with E-state index >= 15 is 0 Å². The monoisotopic (exact) mass is 312 g/mol. The summed E-state index contributed by atoms with van der Waals surface area (Å²) >= 11 is 0. The van der Waals surface area contributed by atoms with E-state index in [-0.39, 0.29) is 11.1 Å². The van der Waals surface area contributed by atoms with Crippen molar-refractivity contribution in [1.82, 2.24) is 10.2 Å². The first-order valence-electron chi connectivity index (χ1n) is 7.02. The Morgan fingerprint density at radius 2 is 2.17 bits per heavy atom. The zero-order valence-electron chi connectivity index (χ0n) is 12.0.